The van der Waals surface area contributed by atoms with Gasteiger partial charge in [-0.15, -0.1) is 0 Å². The number of hydrogen-bond acceptors (Lipinski definition) is 6. The van der Waals surface area contributed by atoms with Crippen molar-refractivity contribution in [2.45, 2.75) is 0 Å². The summed E-state index contributed by atoms with van der Waals surface area (Å²) in [6, 6.07) is 20.2. The molecule has 1 aromatic heterocycles. The molecule has 4 aromatic rings. The molecule has 1 N–H and O–H groups in total. The number of nitrogens with one attached hydrogen (secondary N) is 1. The second kappa shape index (κ2) is 9.99. The first-order valence-corrected chi connectivity index (χ1v) is 10.5. The summed E-state index contributed by atoms with van der Waals surface area (Å²) in [6.45, 7) is 0. The topological polar surface area (TPSA) is 83.8 Å². The van der Waals surface area contributed by atoms with Gasteiger partial charge in [-0.1, -0.05) is 18.2 Å². The minimum Gasteiger partial charge on any atom is -0.497 e. The maximum atomic E-state index is 13.4. The first-order valence-electron chi connectivity index (χ1n) is 10.5. The average molecular weight is 460 g/mol. The third-order valence-corrected chi connectivity index (χ3v) is 5.25. The lowest BCUT2D eigenvalue weighted by Crippen LogP contribution is -2.12. The predicted molar refractivity (Wildman–Crippen MR) is 130 cm³/mol. The molecule has 8 heteroatoms. The molecule has 4 rings (SSSR count). The second-order valence-corrected chi connectivity index (χ2v) is 7.30. The highest BCUT2D eigenvalue weighted by Crippen LogP contribution is 2.34. The Hall–Kier alpha value is -4.46. The molecule has 0 radical (unpaired) electrons. The molecule has 0 bridgehead atoms. The number of anilines is 1. The van der Waals surface area contributed by atoms with Crippen LogP contribution < -0.4 is 24.3 Å². The van der Waals surface area contributed by atoms with Crippen molar-refractivity contribution in [1.82, 2.24) is 9.78 Å². The Kier molecular flexibility index (Phi) is 6.68. The number of ether oxygens (including phenoxy) is 4. The third-order valence-electron chi connectivity index (χ3n) is 5.25. The number of rotatable bonds is 8. The average Bonchev–Trinajstić information content (AvgIpc) is 3.34. The van der Waals surface area contributed by atoms with Crippen LogP contribution in [0.15, 0.2) is 72.9 Å². The number of carbonyl (C=O) groups excluding carboxylic acids is 1. The molecule has 1 amide bonds. The van der Waals surface area contributed by atoms with Crippen LogP contribution in [0.25, 0.3) is 16.9 Å². The molecule has 0 aliphatic heterocycles. The summed E-state index contributed by atoms with van der Waals surface area (Å²) in [5.74, 6) is 1.92. The van der Waals surface area contributed by atoms with Crippen molar-refractivity contribution in [3.63, 3.8) is 0 Å². The van der Waals surface area contributed by atoms with Gasteiger partial charge in [-0.3, -0.25) is 4.79 Å². The van der Waals surface area contributed by atoms with Crippen LogP contribution in [0.2, 0.25) is 0 Å². The standard InChI is InChI=1S/C26H25N3O5/c1-31-20-13-18(14-21(15-20)32-2)27-26(30)22-16-29(19-8-6-5-7-9-19)28-25(22)17-10-11-23(33-3)24(12-17)34-4/h5-16H,1-4H3,(H,27,30). The Morgan fingerprint density at radius 1 is 0.794 bits per heavy atom. The SMILES string of the molecule is COc1cc(NC(=O)c2cn(-c3ccccc3)nc2-c2ccc(OC)c(OC)c2)cc(OC)c1. The molecule has 0 aliphatic rings. The first-order chi connectivity index (χ1) is 16.6. The summed E-state index contributed by atoms with van der Waals surface area (Å²) in [6.07, 6.45) is 1.70. The number of para-hydroxylation sites is 1. The number of amides is 1. The fourth-order valence-corrected chi connectivity index (χ4v) is 3.53. The van der Waals surface area contributed by atoms with Gasteiger partial charge in [-0.2, -0.15) is 5.10 Å². The van der Waals surface area contributed by atoms with E-state index in [1.54, 1.807) is 69.6 Å². The largest absolute Gasteiger partial charge is 0.497 e. The van der Waals surface area contributed by atoms with E-state index in [2.05, 4.69) is 5.32 Å². The highest BCUT2D eigenvalue weighted by atomic mass is 16.5. The van der Waals surface area contributed by atoms with Gasteiger partial charge in [-0.05, 0) is 30.3 Å². The highest BCUT2D eigenvalue weighted by Gasteiger charge is 2.21. The fourth-order valence-electron chi connectivity index (χ4n) is 3.53. The molecule has 0 atom stereocenters. The monoisotopic (exact) mass is 459 g/mol. The van der Waals surface area contributed by atoms with Gasteiger partial charge in [0.15, 0.2) is 11.5 Å². The quantitative estimate of drug-likeness (QED) is 0.407. The van der Waals surface area contributed by atoms with Crippen molar-refractivity contribution in [1.29, 1.82) is 0 Å². The lowest BCUT2D eigenvalue weighted by molar-refractivity contribution is 0.102. The smallest absolute Gasteiger partial charge is 0.259 e. The van der Waals surface area contributed by atoms with E-state index < -0.39 is 0 Å². The summed E-state index contributed by atoms with van der Waals surface area (Å²) < 4.78 is 23.1. The van der Waals surface area contributed by atoms with E-state index in [1.165, 1.54) is 0 Å². The van der Waals surface area contributed by atoms with Crippen LogP contribution in [0.3, 0.4) is 0 Å². The van der Waals surface area contributed by atoms with Gasteiger partial charge in [0.2, 0.25) is 0 Å². The Balaban J connectivity index is 1.78. The number of benzene rings is 3. The fraction of sp³-hybridized carbons (Fsp3) is 0.154. The Bertz CT molecular complexity index is 1280. The zero-order valence-corrected chi connectivity index (χ0v) is 19.4. The second-order valence-electron chi connectivity index (χ2n) is 7.30. The van der Waals surface area contributed by atoms with E-state index in [0.29, 0.717) is 45.5 Å². The molecule has 0 spiro atoms. The van der Waals surface area contributed by atoms with E-state index in [0.717, 1.165) is 5.69 Å². The molecule has 8 nitrogen and oxygen atoms in total. The molecule has 0 aliphatic carbocycles. The van der Waals surface area contributed by atoms with Crippen LogP contribution in [-0.4, -0.2) is 44.1 Å². The molecule has 0 fully saturated rings. The molecule has 0 unspecified atom stereocenters. The van der Waals surface area contributed by atoms with E-state index in [9.17, 15) is 4.79 Å². The molecule has 34 heavy (non-hydrogen) atoms. The Labute approximate surface area is 197 Å². The summed E-state index contributed by atoms with van der Waals surface area (Å²) in [5, 5.41) is 7.65. The lowest BCUT2D eigenvalue weighted by atomic mass is 10.1. The van der Waals surface area contributed by atoms with Crippen LogP contribution in [-0.2, 0) is 0 Å². The third kappa shape index (κ3) is 4.66. The van der Waals surface area contributed by atoms with Gasteiger partial charge in [-0.25, -0.2) is 4.68 Å². The van der Waals surface area contributed by atoms with Crippen molar-refractivity contribution in [2.24, 2.45) is 0 Å². The molecular formula is C26H25N3O5. The van der Waals surface area contributed by atoms with Crippen LogP contribution in [0.4, 0.5) is 5.69 Å². The summed E-state index contributed by atoms with van der Waals surface area (Å²) in [4.78, 5) is 13.4. The van der Waals surface area contributed by atoms with E-state index in [-0.39, 0.29) is 5.91 Å². The van der Waals surface area contributed by atoms with Crippen LogP contribution >= 0.6 is 0 Å². The Morgan fingerprint density at radius 2 is 1.47 bits per heavy atom. The van der Waals surface area contributed by atoms with Gasteiger partial charge < -0.3 is 24.3 Å². The first kappa shape index (κ1) is 22.7. The normalized spacial score (nSPS) is 10.5. The van der Waals surface area contributed by atoms with Gasteiger partial charge in [0.05, 0.1) is 39.7 Å². The highest BCUT2D eigenvalue weighted by molar-refractivity contribution is 6.08. The molecule has 1 heterocycles. The minimum atomic E-state index is -0.331. The molecule has 174 valence electrons. The number of nitrogens with zero attached hydrogens (tertiary/aromatic N) is 2. The van der Waals surface area contributed by atoms with Crippen LogP contribution in [0.1, 0.15) is 10.4 Å². The van der Waals surface area contributed by atoms with Crippen LogP contribution in [0, 0.1) is 0 Å². The van der Waals surface area contributed by atoms with Gasteiger partial charge in [0.1, 0.15) is 17.2 Å². The summed E-state index contributed by atoms with van der Waals surface area (Å²) in [7, 11) is 6.25. The number of aromatic nitrogens is 2. The van der Waals surface area contributed by atoms with Crippen molar-refractivity contribution in [3.05, 3.63) is 78.5 Å². The Morgan fingerprint density at radius 3 is 2.09 bits per heavy atom. The molecule has 0 saturated carbocycles. The number of hydrogen-bond donors (Lipinski definition) is 1. The van der Waals surface area contributed by atoms with Crippen LogP contribution in [0.5, 0.6) is 23.0 Å². The van der Waals surface area contributed by atoms with Gasteiger partial charge >= 0.3 is 0 Å². The summed E-state index contributed by atoms with van der Waals surface area (Å²) in [5.41, 5.74) is 2.95. The van der Waals surface area contributed by atoms with Gasteiger partial charge in [0, 0.05) is 35.6 Å². The van der Waals surface area contributed by atoms with Crippen molar-refractivity contribution >= 4 is 11.6 Å². The lowest BCUT2D eigenvalue weighted by Gasteiger charge is -2.11. The number of carbonyl (C=O) groups is 1. The van der Waals surface area contributed by atoms with Crippen molar-refractivity contribution < 1.29 is 23.7 Å². The van der Waals surface area contributed by atoms with Gasteiger partial charge in [0.25, 0.3) is 5.91 Å². The maximum Gasteiger partial charge on any atom is 0.259 e. The van der Waals surface area contributed by atoms with Crippen molar-refractivity contribution in [3.8, 4) is 39.9 Å². The predicted octanol–water partition coefficient (Wildman–Crippen LogP) is 4.83. The molecule has 3 aromatic carbocycles. The zero-order valence-electron chi connectivity index (χ0n) is 19.4. The maximum absolute atomic E-state index is 13.4. The van der Waals surface area contributed by atoms with Crippen molar-refractivity contribution in [2.75, 3.05) is 33.8 Å². The van der Waals surface area contributed by atoms with E-state index >= 15 is 0 Å². The zero-order chi connectivity index (χ0) is 24.1. The number of methoxy groups -OCH3 is 4. The molecular weight excluding hydrogens is 434 g/mol. The van der Waals surface area contributed by atoms with E-state index in [4.69, 9.17) is 24.0 Å². The van der Waals surface area contributed by atoms with E-state index in [1.807, 2.05) is 36.4 Å². The summed E-state index contributed by atoms with van der Waals surface area (Å²) >= 11 is 0. The minimum absolute atomic E-state index is 0.331. The molecule has 0 saturated heterocycles.